The van der Waals surface area contributed by atoms with Crippen molar-refractivity contribution < 1.29 is 4.74 Å². The Kier molecular flexibility index (Phi) is 4.01. The molecule has 2 rings (SSSR count). The summed E-state index contributed by atoms with van der Waals surface area (Å²) in [7, 11) is 0. The zero-order valence-electron chi connectivity index (χ0n) is 11.3. The van der Waals surface area contributed by atoms with Gasteiger partial charge in [-0.2, -0.15) is 10.2 Å². The molecule has 102 valence electrons. The zero-order valence-corrected chi connectivity index (χ0v) is 11.3. The highest BCUT2D eigenvalue weighted by Gasteiger charge is 2.11. The minimum Gasteiger partial charge on any atom is -0.476 e. The number of nitrogens with two attached hydrogens (primary N) is 1. The number of ether oxygens (including phenoxy) is 1. The largest absolute Gasteiger partial charge is 0.476 e. The van der Waals surface area contributed by atoms with Gasteiger partial charge in [0, 0.05) is 0 Å². The van der Waals surface area contributed by atoms with Crippen molar-refractivity contribution in [3.05, 3.63) is 35.7 Å². The molecule has 1 heterocycles. The van der Waals surface area contributed by atoms with Crippen molar-refractivity contribution in [1.82, 2.24) is 9.97 Å². The number of hydrogen-bond acceptors (Lipinski definition) is 6. The third-order valence-electron chi connectivity index (χ3n) is 2.77. The normalized spacial score (nSPS) is 9.85. The topological polar surface area (TPSA) is 96.9 Å². The predicted octanol–water partition coefficient (Wildman–Crippen LogP) is 2.38. The zero-order chi connectivity index (χ0) is 14.5. The van der Waals surface area contributed by atoms with Crippen LogP contribution in [0.25, 0.3) is 0 Å². The van der Waals surface area contributed by atoms with Gasteiger partial charge in [-0.15, -0.1) is 0 Å². The number of hydrogen-bond donors (Lipinski definition) is 2. The van der Waals surface area contributed by atoms with Gasteiger partial charge in [0.1, 0.15) is 18.1 Å². The first kappa shape index (κ1) is 13.6. The summed E-state index contributed by atoms with van der Waals surface area (Å²) >= 11 is 0. The van der Waals surface area contributed by atoms with Gasteiger partial charge in [-0.1, -0.05) is 12.1 Å². The molecule has 0 spiro atoms. The fourth-order valence-corrected chi connectivity index (χ4v) is 1.78. The molecule has 1 aromatic heterocycles. The maximum absolute atomic E-state index is 9.21. The molecular formula is C14H15N5O. The highest BCUT2D eigenvalue weighted by molar-refractivity contribution is 5.75. The van der Waals surface area contributed by atoms with E-state index in [4.69, 9.17) is 10.5 Å². The monoisotopic (exact) mass is 269 g/mol. The molecule has 0 saturated heterocycles. The standard InChI is InChI=1S/C14H15N5O/c1-3-20-14-12(16)13(17-8-18-14)19-11-6-4-5-9(2)10(11)7-15/h4-6,8H,3,16H2,1-2H3,(H,17,18,19). The highest BCUT2D eigenvalue weighted by Crippen LogP contribution is 2.29. The number of anilines is 3. The number of aryl methyl sites for hydroxylation is 1. The van der Waals surface area contributed by atoms with Crippen molar-refractivity contribution in [2.75, 3.05) is 17.7 Å². The molecule has 0 bridgehead atoms. The lowest BCUT2D eigenvalue weighted by atomic mass is 10.1. The van der Waals surface area contributed by atoms with Crippen LogP contribution in [0.3, 0.4) is 0 Å². The van der Waals surface area contributed by atoms with Crippen LogP contribution in [0.2, 0.25) is 0 Å². The van der Waals surface area contributed by atoms with Gasteiger partial charge in [-0.05, 0) is 25.5 Å². The van der Waals surface area contributed by atoms with Gasteiger partial charge in [0.05, 0.1) is 17.9 Å². The van der Waals surface area contributed by atoms with Crippen LogP contribution in [0.1, 0.15) is 18.1 Å². The Bertz CT molecular complexity index is 663. The molecule has 0 fully saturated rings. The fraction of sp³-hybridized carbons (Fsp3) is 0.214. The van der Waals surface area contributed by atoms with Crippen LogP contribution in [-0.4, -0.2) is 16.6 Å². The second-order valence-corrected chi connectivity index (χ2v) is 4.11. The summed E-state index contributed by atoms with van der Waals surface area (Å²) in [6, 6.07) is 7.70. The van der Waals surface area contributed by atoms with Gasteiger partial charge < -0.3 is 15.8 Å². The minimum absolute atomic E-state index is 0.319. The molecule has 0 saturated carbocycles. The summed E-state index contributed by atoms with van der Waals surface area (Å²) in [4.78, 5) is 8.05. The molecule has 3 N–H and O–H groups in total. The highest BCUT2D eigenvalue weighted by atomic mass is 16.5. The smallest absolute Gasteiger partial charge is 0.242 e. The van der Waals surface area contributed by atoms with Crippen molar-refractivity contribution in [3.8, 4) is 11.9 Å². The Morgan fingerprint density at radius 2 is 2.20 bits per heavy atom. The van der Waals surface area contributed by atoms with Gasteiger partial charge >= 0.3 is 0 Å². The summed E-state index contributed by atoms with van der Waals surface area (Å²) in [5.74, 6) is 0.752. The molecule has 0 radical (unpaired) electrons. The third-order valence-corrected chi connectivity index (χ3v) is 2.77. The second kappa shape index (κ2) is 5.89. The SMILES string of the molecule is CCOc1ncnc(Nc2cccc(C)c2C#N)c1N. The Balaban J connectivity index is 2.39. The molecule has 6 heteroatoms. The molecule has 20 heavy (non-hydrogen) atoms. The average Bonchev–Trinajstić information content (AvgIpc) is 2.44. The summed E-state index contributed by atoms with van der Waals surface area (Å²) < 4.78 is 5.31. The molecule has 1 aromatic carbocycles. The van der Waals surface area contributed by atoms with Crippen molar-refractivity contribution in [2.24, 2.45) is 0 Å². The van der Waals surface area contributed by atoms with Gasteiger partial charge in [0.25, 0.3) is 0 Å². The van der Waals surface area contributed by atoms with Gasteiger partial charge in [0.15, 0.2) is 5.82 Å². The lowest BCUT2D eigenvalue weighted by molar-refractivity contribution is 0.328. The molecule has 6 nitrogen and oxygen atoms in total. The molecule has 0 unspecified atom stereocenters. The maximum Gasteiger partial charge on any atom is 0.242 e. The van der Waals surface area contributed by atoms with E-state index in [0.717, 1.165) is 5.56 Å². The van der Waals surface area contributed by atoms with E-state index in [1.54, 1.807) is 6.07 Å². The number of aromatic nitrogens is 2. The van der Waals surface area contributed by atoms with Gasteiger partial charge in [-0.25, -0.2) is 4.98 Å². The van der Waals surface area contributed by atoms with E-state index in [-0.39, 0.29) is 0 Å². The van der Waals surface area contributed by atoms with E-state index in [0.29, 0.717) is 35.2 Å². The summed E-state index contributed by atoms with van der Waals surface area (Å²) in [5.41, 5.74) is 8.37. The fourth-order valence-electron chi connectivity index (χ4n) is 1.78. The van der Waals surface area contributed by atoms with E-state index in [1.165, 1.54) is 6.33 Å². The molecular weight excluding hydrogens is 254 g/mol. The van der Waals surface area contributed by atoms with Crippen LogP contribution in [0.5, 0.6) is 5.88 Å². The Morgan fingerprint density at radius 3 is 2.90 bits per heavy atom. The van der Waals surface area contributed by atoms with E-state index in [1.807, 2.05) is 26.0 Å². The van der Waals surface area contributed by atoms with Gasteiger partial charge in [-0.3, -0.25) is 0 Å². The number of benzene rings is 1. The summed E-state index contributed by atoms with van der Waals surface area (Å²) in [5, 5.41) is 12.3. The van der Waals surface area contributed by atoms with Crippen molar-refractivity contribution in [3.63, 3.8) is 0 Å². The Labute approximate surface area is 117 Å². The summed E-state index contributed by atoms with van der Waals surface area (Å²) in [6.07, 6.45) is 1.37. The number of nitriles is 1. The molecule has 0 amide bonds. The first-order valence-electron chi connectivity index (χ1n) is 6.17. The van der Waals surface area contributed by atoms with E-state index >= 15 is 0 Å². The van der Waals surface area contributed by atoms with Crippen LogP contribution < -0.4 is 15.8 Å². The van der Waals surface area contributed by atoms with Gasteiger partial charge in [0.2, 0.25) is 5.88 Å². The number of nitrogens with zero attached hydrogens (tertiary/aromatic N) is 3. The second-order valence-electron chi connectivity index (χ2n) is 4.11. The lowest BCUT2D eigenvalue weighted by Crippen LogP contribution is -2.06. The van der Waals surface area contributed by atoms with Crippen LogP contribution >= 0.6 is 0 Å². The van der Waals surface area contributed by atoms with Crippen LogP contribution in [0.15, 0.2) is 24.5 Å². The third kappa shape index (κ3) is 2.62. The minimum atomic E-state index is 0.319. The first-order valence-corrected chi connectivity index (χ1v) is 6.17. The van der Waals surface area contributed by atoms with E-state index in [9.17, 15) is 5.26 Å². The quantitative estimate of drug-likeness (QED) is 0.884. The lowest BCUT2D eigenvalue weighted by Gasteiger charge is -2.12. The summed E-state index contributed by atoms with van der Waals surface area (Å²) in [6.45, 7) is 4.19. The average molecular weight is 269 g/mol. The number of nitrogens with one attached hydrogen (secondary N) is 1. The molecule has 0 aliphatic heterocycles. The molecule has 0 atom stereocenters. The molecule has 2 aromatic rings. The van der Waals surface area contributed by atoms with Crippen LogP contribution in [-0.2, 0) is 0 Å². The number of rotatable bonds is 4. The van der Waals surface area contributed by atoms with Crippen LogP contribution in [0.4, 0.5) is 17.2 Å². The Morgan fingerprint density at radius 1 is 1.40 bits per heavy atom. The Hall–Kier alpha value is -2.81. The molecule has 0 aliphatic rings. The van der Waals surface area contributed by atoms with Crippen molar-refractivity contribution in [1.29, 1.82) is 5.26 Å². The van der Waals surface area contributed by atoms with Crippen molar-refractivity contribution in [2.45, 2.75) is 13.8 Å². The van der Waals surface area contributed by atoms with Crippen LogP contribution in [0, 0.1) is 18.3 Å². The maximum atomic E-state index is 9.21. The first-order chi connectivity index (χ1) is 9.67. The van der Waals surface area contributed by atoms with E-state index < -0.39 is 0 Å². The predicted molar refractivity (Wildman–Crippen MR) is 76.8 cm³/mol. The van der Waals surface area contributed by atoms with Crippen molar-refractivity contribution >= 4 is 17.2 Å². The van der Waals surface area contributed by atoms with E-state index in [2.05, 4.69) is 21.4 Å². The molecule has 0 aliphatic carbocycles. The number of nitrogen functional groups attached to an aromatic ring is 1.